The first-order valence-electron chi connectivity index (χ1n) is 12.4. The predicted octanol–water partition coefficient (Wildman–Crippen LogP) is 4.72. The molecule has 8 heteroatoms. The summed E-state index contributed by atoms with van der Waals surface area (Å²) < 4.78 is 7.32. The molecule has 1 saturated carbocycles. The Bertz CT molecular complexity index is 1230. The van der Waals surface area contributed by atoms with Crippen LogP contribution in [0, 0.1) is 5.92 Å². The number of imidazole rings is 1. The van der Waals surface area contributed by atoms with Crippen LogP contribution in [0.4, 0.5) is 4.79 Å². The number of carbonyl (C=O) groups is 2. The highest BCUT2D eigenvalue weighted by atomic mass is 16.5. The van der Waals surface area contributed by atoms with E-state index in [4.69, 9.17) is 9.72 Å². The molecule has 1 aromatic carbocycles. The van der Waals surface area contributed by atoms with Crippen LogP contribution >= 0.6 is 0 Å². The van der Waals surface area contributed by atoms with Crippen LogP contribution in [0.25, 0.3) is 11.0 Å². The van der Waals surface area contributed by atoms with Crippen molar-refractivity contribution in [1.82, 2.24) is 19.4 Å². The van der Waals surface area contributed by atoms with Gasteiger partial charge in [-0.05, 0) is 62.8 Å². The number of carboxylic acid groups (broad SMARTS) is 1. The third-order valence-electron chi connectivity index (χ3n) is 7.64. The standard InChI is InChI=1S/C27H32N4O4/c1-17(15-21-5-3-4-13-28-21)31-23-11-10-18-12-14-30(27(34)35-2)16-22(18)24(23)29-25(31)19-6-8-20(9-7-19)26(32)33/h3-5,10-11,13,17,19-20H,6-9,12,14-16H2,1-2H3,(H,32,33)/t17-,19-,20-/m0/s1. The van der Waals surface area contributed by atoms with Gasteiger partial charge in [0.25, 0.3) is 0 Å². The first-order valence-corrected chi connectivity index (χ1v) is 12.4. The van der Waals surface area contributed by atoms with Crippen LogP contribution < -0.4 is 0 Å². The maximum Gasteiger partial charge on any atom is 0.409 e. The molecule has 0 radical (unpaired) electrons. The summed E-state index contributed by atoms with van der Waals surface area (Å²) in [7, 11) is 1.41. The van der Waals surface area contributed by atoms with Crippen molar-refractivity contribution in [3.63, 3.8) is 0 Å². The molecule has 184 valence electrons. The third kappa shape index (κ3) is 4.49. The zero-order chi connectivity index (χ0) is 24.5. The van der Waals surface area contributed by atoms with E-state index in [1.165, 1.54) is 12.7 Å². The molecule has 8 nitrogen and oxygen atoms in total. The van der Waals surface area contributed by atoms with Gasteiger partial charge in [0, 0.05) is 42.4 Å². The van der Waals surface area contributed by atoms with E-state index in [9.17, 15) is 14.7 Å². The molecule has 1 fully saturated rings. The number of methoxy groups -OCH3 is 1. The molecule has 35 heavy (non-hydrogen) atoms. The Kier molecular flexibility index (Phi) is 6.45. The van der Waals surface area contributed by atoms with E-state index >= 15 is 0 Å². The number of carbonyl (C=O) groups excluding carboxylic acids is 1. The molecule has 2 aromatic heterocycles. The lowest BCUT2D eigenvalue weighted by Gasteiger charge is -2.28. The number of aliphatic carboxylic acids is 1. The minimum absolute atomic E-state index is 0.125. The Morgan fingerprint density at radius 3 is 2.66 bits per heavy atom. The fourth-order valence-electron chi connectivity index (χ4n) is 5.76. The number of fused-ring (bicyclic) bond motifs is 3. The maximum atomic E-state index is 12.3. The molecular formula is C27H32N4O4. The van der Waals surface area contributed by atoms with Crippen LogP contribution in [-0.4, -0.2) is 50.3 Å². The lowest BCUT2D eigenvalue weighted by molar-refractivity contribution is -0.142. The molecule has 0 unspecified atom stereocenters. The number of pyridine rings is 1. The summed E-state index contributed by atoms with van der Waals surface area (Å²) in [6.07, 6.45) is 6.02. The molecule has 0 bridgehead atoms. The minimum Gasteiger partial charge on any atom is -0.481 e. The number of carboxylic acids is 1. The van der Waals surface area contributed by atoms with E-state index in [-0.39, 0.29) is 24.0 Å². The predicted molar refractivity (Wildman–Crippen MR) is 131 cm³/mol. The highest BCUT2D eigenvalue weighted by molar-refractivity contribution is 5.82. The topological polar surface area (TPSA) is 97.5 Å². The Hall–Kier alpha value is -3.42. The van der Waals surface area contributed by atoms with Crippen molar-refractivity contribution in [1.29, 1.82) is 0 Å². The number of aromatic nitrogens is 3. The number of benzene rings is 1. The lowest BCUT2D eigenvalue weighted by atomic mass is 9.81. The van der Waals surface area contributed by atoms with Crippen LogP contribution in [0.15, 0.2) is 36.5 Å². The Morgan fingerprint density at radius 1 is 1.17 bits per heavy atom. The van der Waals surface area contributed by atoms with Crippen molar-refractivity contribution in [3.05, 3.63) is 59.2 Å². The first-order chi connectivity index (χ1) is 17.0. The van der Waals surface area contributed by atoms with Gasteiger partial charge in [0.15, 0.2) is 0 Å². The molecule has 1 N–H and O–H groups in total. The van der Waals surface area contributed by atoms with Gasteiger partial charge >= 0.3 is 12.1 Å². The van der Waals surface area contributed by atoms with Gasteiger partial charge in [0.1, 0.15) is 5.82 Å². The summed E-state index contributed by atoms with van der Waals surface area (Å²) in [4.78, 5) is 35.3. The van der Waals surface area contributed by atoms with E-state index in [1.54, 1.807) is 4.90 Å². The summed E-state index contributed by atoms with van der Waals surface area (Å²) >= 11 is 0. The normalized spacial score (nSPS) is 20.9. The highest BCUT2D eigenvalue weighted by Crippen LogP contribution is 2.40. The van der Waals surface area contributed by atoms with Gasteiger partial charge in [0.05, 0.1) is 30.6 Å². The number of amides is 1. The summed E-state index contributed by atoms with van der Waals surface area (Å²) in [6.45, 7) is 3.31. The summed E-state index contributed by atoms with van der Waals surface area (Å²) in [5, 5.41) is 9.47. The largest absolute Gasteiger partial charge is 0.481 e. The number of rotatable bonds is 5. The molecule has 1 amide bonds. The Morgan fingerprint density at radius 2 is 1.97 bits per heavy atom. The van der Waals surface area contributed by atoms with Crippen LogP contribution in [0.2, 0.25) is 0 Å². The summed E-state index contributed by atoms with van der Waals surface area (Å²) in [5.41, 5.74) is 5.34. The number of ether oxygens (including phenoxy) is 1. The molecular weight excluding hydrogens is 444 g/mol. The van der Waals surface area contributed by atoms with Crippen molar-refractivity contribution >= 4 is 23.1 Å². The zero-order valence-corrected chi connectivity index (χ0v) is 20.3. The number of nitrogens with zero attached hydrogens (tertiary/aromatic N) is 4. The number of hydrogen-bond acceptors (Lipinski definition) is 5. The molecule has 0 spiro atoms. The quantitative estimate of drug-likeness (QED) is 0.572. The Balaban J connectivity index is 1.56. The van der Waals surface area contributed by atoms with Gasteiger partial charge in [-0.3, -0.25) is 9.78 Å². The van der Waals surface area contributed by atoms with Gasteiger partial charge in [-0.25, -0.2) is 9.78 Å². The van der Waals surface area contributed by atoms with Gasteiger partial charge in [-0.2, -0.15) is 0 Å². The molecule has 0 saturated heterocycles. The minimum atomic E-state index is -0.697. The third-order valence-corrected chi connectivity index (χ3v) is 7.64. The van der Waals surface area contributed by atoms with E-state index in [0.717, 1.165) is 53.8 Å². The van der Waals surface area contributed by atoms with Gasteiger partial charge < -0.3 is 19.3 Å². The second-order valence-corrected chi connectivity index (χ2v) is 9.81. The van der Waals surface area contributed by atoms with Crippen molar-refractivity contribution in [3.8, 4) is 0 Å². The Labute approximate surface area is 204 Å². The van der Waals surface area contributed by atoms with Gasteiger partial charge in [0.2, 0.25) is 0 Å². The van der Waals surface area contributed by atoms with Gasteiger partial charge in [-0.15, -0.1) is 0 Å². The van der Waals surface area contributed by atoms with E-state index in [2.05, 4.69) is 28.6 Å². The average Bonchev–Trinajstić information content (AvgIpc) is 3.29. The SMILES string of the molecule is COC(=O)N1CCc2ccc3c(nc([C@H]4CC[C@H](C(=O)O)CC4)n3[C@@H](C)Cc3ccccn3)c2C1. The lowest BCUT2D eigenvalue weighted by Crippen LogP contribution is -2.35. The van der Waals surface area contributed by atoms with Crippen LogP contribution in [0.5, 0.6) is 0 Å². The summed E-state index contributed by atoms with van der Waals surface area (Å²) in [6, 6.07) is 10.4. The van der Waals surface area contributed by atoms with Crippen molar-refractivity contribution < 1.29 is 19.4 Å². The van der Waals surface area contributed by atoms with E-state index < -0.39 is 5.97 Å². The highest BCUT2D eigenvalue weighted by Gasteiger charge is 2.32. The van der Waals surface area contributed by atoms with Crippen molar-refractivity contribution in [2.45, 2.75) is 64.0 Å². The second-order valence-electron chi connectivity index (χ2n) is 9.81. The second kappa shape index (κ2) is 9.68. The van der Waals surface area contributed by atoms with Crippen LogP contribution in [-0.2, 0) is 28.9 Å². The first kappa shape index (κ1) is 23.3. The van der Waals surface area contributed by atoms with Crippen molar-refractivity contribution in [2.24, 2.45) is 5.92 Å². The summed E-state index contributed by atoms with van der Waals surface area (Å²) in [5.74, 6) is 0.268. The molecule has 3 aromatic rings. The van der Waals surface area contributed by atoms with Crippen molar-refractivity contribution in [2.75, 3.05) is 13.7 Å². The molecule has 1 aliphatic heterocycles. The maximum absolute atomic E-state index is 12.3. The van der Waals surface area contributed by atoms with Gasteiger partial charge in [-0.1, -0.05) is 12.1 Å². The average molecular weight is 477 g/mol. The van der Waals surface area contributed by atoms with E-state index in [0.29, 0.717) is 25.9 Å². The number of hydrogen-bond donors (Lipinski definition) is 1. The molecule has 5 rings (SSSR count). The monoisotopic (exact) mass is 476 g/mol. The smallest absolute Gasteiger partial charge is 0.409 e. The van der Waals surface area contributed by atoms with Crippen LogP contribution in [0.3, 0.4) is 0 Å². The van der Waals surface area contributed by atoms with E-state index in [1.807, 2.05) is 24.4 Å². The fourth-order valence-corrected chi connectivity index (χ4v) is 5.76. The molecule has 2 aliphatic rings. The molecule has 3 heterocycles. The van der Waals surface area contributed by atoms with Crippen LogP contribution in [0.1, 0.15) is 67.2 Å². The fraction of sp³-hybridized carbons (Fsp3) is 0.481. The molecule has 1 atom stereocenters. The molecule has 1 aliphatic carbocycles. The zero-order valence-electron chi connectivity index (χ0n) is 20.3.